The van der Waals surface area contributed by atoms with Crippen LogP contribution in [-0.4, -0.2) is 47.4 Å². The zero-order valence-corrected chi connectivity index (χ0v) is 20.3. The number of hydrogen-bond acceptors (Lipinski definition) is 4. The second-order valence-electron chi connectivity index (χ2n) is 8.48. The van der Waals surface area contributed by atoms with Gasteiger partial charge in [-0.1, -0.05) is 31.2 Å². The molecule has 0 radical (unpaired) electrons. The molecule has 0 N–H and O–H groups in total. The lowest BCUT2D eigenvalue weighted by Gasteiger charge is -2.38. The van der Waals surface area contributed by atoms with Crippen LogP contribution in [0.3, 0.4) is 0 Å². The van der Waals surface area contributed by atoms with Crippen molar-refractivity contribution in [1.82, 2.24) is 9.80 Å². The van der Waals surface area contributed by atoms with Crippen molar-refractivity contribution >= 4 is 23.2 Å². The summed E-state index contributed by atoms with van der Waals surface area (Å²) in [5.74, 6) is -0.198. The third-order valence-electron chi connectivity index (χ3n) is 6.33. The number of rotatable bonds is 8. The lowest BCUT2D eigenvalue weighted by atomic mass is 10.00. The highest BCUT2D eigenvalue weighted by molar-refractivity contribution is 7.10. The van der Waals surface area contributed by atoms with Crippen LogP contribution in [0, 0.1) is 5.82 Å². The minimum atomic E-state index is -0.472. The van der Waals surface area contributed by atoms with E-state index in [9.17, 15) is 14.0 Å². The number of hydrogen-bond donors (Lipinski definition) is 0. The van der Waals surface area contributed by atoms with Gasteiger partial charge < -0.3 is 14.5 Å². The summed E-state index contributed by atoms with van der Waals surface area (Å²) in [6.45, 7) is 4.72. The van der Waals surface area contributed by atoms with E-state index >= 15 is 0 Å². The smallest absolute Gasteiger partial charge is 0.254 e. The van der Waals surface area contributed by atoms with Gasteiger partial charge in [-0.05, 0) is 67.1 Å². The van der Waals surface area contributed by atoms with Gasteiger partial charge in [0.05, 0.1) is 6.04 Å². The quantitative estimate of drug-likeness (QED) is 0.438. The summed E-state index contributed by atoms with van der Waals surface area (Å²) in [7, 11) is 0. The van der Waals surface area contributed by atoms with Gasteiger partial charge in [0.2, 0.25) is 5.91 Å². The summed E-state index contributed by atoms with van der Waals surface area (Å²) >= 11 is 1.70. The minimum absolute atomic E-state index is 0.0638. The average molecular weight is 481 g/mol. The molecule has 1 aliphatic rings. The highest BCUT2D eigenvalue weighted by atomic mass is 32.1. The van der Waals surface area contributed by atoms with Crippen LogP contribution in [0.15, 0.2) is 66.0 Å². The van der Waals surface area contributed by atoms with Gasteiger partial charge in [0.1, 0.15) is 24.7 Å². The number of ether oxygens (including phenoxy) is 1. The zero-order valence-electron chi connectivity index (χ0n) is 19.4. The number of para-hydroxylation sites is 1. The van der Waals surface area contributed by atoms with E-state index in [0.29, 0.717) is 19.6 Å². The van der Waals surface area contributed by atoms with Crippen LogP contribution in [0.1, 0.15) is 47.1 Å². The Labute approximate surface area is 203 Å². The Morgan fingerprint density at radius 2 is 1.97 bits per heavy atom. The van der Waals surface area contributed by atoms with Crippen LogP contribution >= 0.6 is 11.3 Å². The van der Waals surface area contributed by atoms with Crippen molar-refractivity contribution in [2.75, 3.05) is 19.7 Å². The summed E-state index contributed by atoms with van der Waals surface area (Å²) in [5.41, 5.74) is 1.35. The van der Waals surface area contributed by atoms with Gasteiger partial charge >= 0.3 is 0 Å². The van der Waals surface area contributed by atoms with Gasteiger partial charge in [-0.2, -0.15) is 0 Å². The van der Waals surface area contributed by atoms with E-state index in [2.05, 4.69) is 6.07 Å². The van der Waals surface area contributed by atoms with Crippen molar-refractivity contribution in [3.05, 3.63) is 87.9 Å². The third-order valence-corrected chi connectivity index (χ3v) is 7.32. The minimum Gasteiger partial charge on any atom is -0.491 e. The van der Waals surface area contributed by atoms with Gasteiger partial charge in [0, 0.05) is 23.0 Å². The summed E-state index contributed by atoms with van der Waals surface area (Å²) in [6.07, 6.45) is 1.46. The predicted molar refractivity (Wildman–Crippen MR) is 132 cm³/mol. The maximum absolute atomic E-state index is 13.8. The third kappa shape index (κ3) is 5.30. The van der Waals surface area contributed by atoms with E-state index in [1.165, 1.54) is 23.1 Å². The first-order valence-electron chi connectivity index (χ1n) is 11.6. The van der Waals surface area contributed by atoms with Gasteiger partial charge in [-0.15, -0.1) is 11.3 Å². The Kier molecular flexibility index (Phi) is 7.63. The molecule has 1 aromatic heterocycles. The topological polar surface area (TPSA) is 49.9 Å². The predicted octanol–water partition coefficient (Wildman–Crippen LogP) is 5.33. The van der Waals surface area contributed by atoms with Gasteiger partial charge in [-0.3, -0.25) is 9.59 Å². The van der Waals surface area contributed by atoms with E-state index < -0.39 is 5.82 Å². The van der Waals surface area contributed by atoms with Crippen molar-refractivity contribution in [3.63, 3.8) is 0 Å². The van der Waals surface area contributed by atoms with Crippen LogP contribution in [0.4, 0.5) is 4.39 Å². The van der Waals surface area contributed by atoms with E-state index in [1.807, 2.05) is 54.5 Å². The van der Waals surface area contributed by atoms with Crippen LogP contribution in [0.2, 0.25) is 0 Å². The molecule has 1 aliphatic heterocycles. The fourth-order valence-electron chi connectivity index (χ4n) is 4.24. The van der Waals surface area contributed by atoms with Crippen LogP contribution in [0.5, 0.6) is 5.75 Å². The molecule has 0 bridgehead atoms. The molecule has 0 unspecified atom stereocenters. The monoisotopic (exact) mass is 480 g/mol. The van der Waals surface area contributed by atoms with Crippen LogP contribution in [0.25, 0.3) is 0 Å². The summed E-state index contributed by atoms with van der Waals surface area (Å²) in [4.78, 5) is 31.5. The van der Waals surface area contributed by atoms with E-state index in [1.54, 1.807) is 22.3 Å². The summed E-state index contributed by atoms with van der Waals surface area (Å²) < 4.78 is 19.8. The molecule has 0 saturated heterocycles. The van der Waals surface area contributed by atoms with Crippen molar-refractivity contribution in [2.45, 2.75) is 38.8 Å². The molecule has 4 rings (SSSR count). The number of halogens is 1. The van der Waals surface area contributed by atoms with E-state index in [0.717, 1.165) is 17.7 Å². The lowest BCUT2D eigenvalue weighted by molar-refractivity contribution is -0.136. The molecule has 2 amide bonds. The lowest BCUT2D eigenvalue weighted by Crippen LogP contribution is -2.49. The van der Waals surface area contributed by atoms with Crippen molar-refractivity contribution in [3.8, 4) is 5.75 Å². The van der Waals surface area contributed by atoms with Crippen molar-refractivity contribution < 1.29 is 18.7 Å². The maximum atomic E-state index is 13.8. The zero-order chi connectivity index (χ0) is 24.1. The second kappa shape index (κ2) is 10.8. The molecular formula is C27H29FN2O3S. The molecule has 5 nitrogen and oxygen atoms in total. The second-order valence-corrected chi connectivity index (χ2v) is 9.48. The SMILES string of the molecule is CC[C@H](C)N(CC(=O)N1CCc2sccc2[C@@H]1COc1ccccc1)C(=O)c1cccc(F)c1. The number of fused-ring (bicyclic) bond motifs is 1. The molecule has 7 heteroatoms. The standard InChI is InChI=1S/C27H29FN2O3S/c1-3-19(2)30(27(32)20-8-7-9-21(28)16-20)17-26(31)29-14-12-25-23(13-15-34-25)24(29)18-33-22-10-5-4-6-11-22/h4-11,13,15-16,19,24H,3,12,14,17-18H2,1-2H3/t19-,24-/m0/s1. The molecular weight excluding hydrogens is 451 g/mol. The fraction of sp³-hybridized carbons (Fsp3) is 0.333. The van der Waals surface area contributed by atoms with Gasteiger partial charge in [0.25, 0.3) is 5.91 Å². The number of amides is 2. The fourth-order valence-corrected chi connectivity index (χ4v) is 5.17. The highest BCUT2D eigenvalue weighted by Crippen LogP contribution is 2.34. The number of carbonyl (C=O) groups excluding carboxylic acids is 2. The highest BCUT2D eigenvalue weighted by Gasteiger charge is 2.34. The van der Waals surface area contributed by atoms with Gasteiger partial charge in [0.15, 0.2) is 0 Å². The molecule has 2 aromatic carbocycles. The molecule has 0 saturated carbocycles. The van der Waals surface area contributed by atoms with Gasteiger partial charge in [-0.25, -0.2) is 4.39 Å². The Morgan fingerprint density at radius 1 is 1.18 bits per heavy atom. The first kappa shape index (κ1) is 24.0. The number of benzene rings is 2. The molecule has 2 atom stereocenters. The van der Waals surface area contributed by atoms with Crippen LogP contribution < -0.4 is 4.74 Å². The Hall–Kier alpha value is -3.19. The average Bonchev–Trinajstić information content (AvgIpc) is 3.34. The van der Waals surface area contributed by atoms with Crippen molar-refractivity contribution in [2.24, 2.45) is 0 Å². The number of carbonyl (C=O) groups is 2. The van der Waals surface area contributed by atoms with E-state index in [4.69, 9.17) is 4.74 Å². The maximum Gasteiger partial charge on any atom is 0.254 e. The number of nitrogens with zero attached hydrogens (tertiary/aromatic N) is 2. The summed E-state index contributed by atoms with van der Waals surface area (Å²) in [6, 6.07) is 16.8. The van der Waals surface area contributed by atoms with E-state index in [-0.39, 0.29) is 36.0 Å². The summed E-state index contributed by atoms with van der Waals surface area (Å²) in [5, 5.41) is 2.05. The largest absolute Gasteiger partial charge is 0.491 e. The first-order chi connectivity index (χ1) is 16.5. The first-order valence-corrected chi connectivity index (χ1v) is 12.5. The molecule has 0 fully saturated rings. The molecule has 2 heterocycles. The molecule has 3 aromatic rings. The Balaban J connectivity index is 1.55. The molecule has 34 heavy (non-hydrogen) atoms. The Morgan fingerprint density at radius 3 is 2.71 bits per heavy atom. The molecule has 0 aliphatic carbocycles. The normalized spacial score (nSPS) is 16.0. The van der Waals surface area contributed by atoms with Crippen LogP contribution in [-0.2, 0) is 11.2 Å². The number of thiophene rings is 1. The molecule has 178 valence electrons. The Bertz CT molecular complexity index is 1130. The molecule has 0 spiro atoms. The van der Waals surface area contributed by atoms with Crippen molar-refractivity contribution in [1.29, 1.82) is 0 Å².